The zero-order valence-electron chi connectivity index (χ0n) is 12.1. The van der Waals surface area contributed by atoms with Crippen LogP contribution >= 0.6 is 0 Å². The molecular weight excluding hydrogens is 326 g/mol. The molecular formula is C13H13N3O8. The number of carboxylic acid groups (broad SMARTS) is 3. The van der Waals surface area contributed by atoms with E-state index in [1.165, 1.54) is 0 Å². The summed E-state index contributed by atoms with van der Waals surface area (Å²) in [5, 5.41) is 25.4. The Kier molecular flexibility index (Phi) is 4.11. The van der Waals surface area contributed by atoms with E-state index in [4.69, 9.17) is 9.90 Å². The van der Waals surface area contributed by atoms with E-state index in [-0.39, 0.29) is 31.7 Å². The number of carbonyl (C=O) groups is 4. The zero-order valence-corrected chi connectivity index (χ0v) is 12.1. The number of carboxylic acids is 2. The first-order valence-electron chi connectivity index (χ1n) is 6.62. The van der Waals surface area contributed by atoms with Crippen LogP contribution in [0, 0.1) is 10.8 Å². The third-order valence-corrected chi connectivity index (χ3v) is 4.31. The third-order valence-electron chi connectivity index (χ3n) is 4.31. The van der Waals surface area contributed by atoms with Crippen molar-refractivity contribution in [2.45, 2.75) is 6.42 Å². The summed E-state index contributed by atoms with van der Waals surface area (Å²) in [4.78, 5) is 61.5. The van der Waals surface area contributed by atoms with E-state index in [0.717, 1.165) is 17.3 Å². The highest BCUT2D eigenvalue weighted by atomic mass is 16.4. The molecule has 2 heterocycles. The summed E-state index contributed by atoms with van der Waals surface area (Å²) in [5.41, 5.74) is -3.52. The van der Waals surface area contributed by atoms with Gasteiger partial charge in [-0.25, -0.2) is 0 Å². The Bertz CT molecular complexity index is 746. The average Bonchev–Trinajstić information content (AvgIpc) is 3.06. The van der Waals surface area contributed by atoms with Gasteiger partial charge in [-0.05, 0) is 6.42 Å². The van der Waals surface area contributed by atoms with Crippen LogP contribution in [-0.4, -0.2) is 67.6 Å². The Morgan fingerprint density at radius 1 is 1.17 bits per heavy atom. The van der Waals surface area contributed by atoms with Crippen LogP contribution in [0.2, 0.25) is 0 Å². The Labute approximate surface area is 133 Å². The molecule has 1 aliphatic carbocycles. The number of nitrogens with one attached hydrogen (secondary N) is 1. The second-order valence-corrected chi connectivity index (χ2v) is 5.53. The number of rotatable bonds is 3. The zero-order chi connectivity index (χ0) is 18.1. The molecule has 2 aliphatic rings. The Hall–Kier alpha value is -3.24. The quantitative estimate of drug-likeness (QED) is 0.475. The van der Waals surface area contributed by atoms with Crippen LogP contribution in [-0.2, 0) is 14.4 Å². The molecule has 0 unspecified atom stereocenters. The molecule has 3 rings (SSSR count). The second-order valence-electron chi connectivity index (χ2n) is 5.53. The van der Waals surface area contributed by atoms with Crippen molar-refractivity contribution >= 4 is 24.3 Å². The Balaban J connectivity index is 0.000000647. The maximum absolute atomic E-state index is 12.2. The van der Waals surface area contributed by atoms with Crippen molar-refractivity contribution < 1.29 is 34.5 Å². The van der Waals surface area contributed by atoms with Gasteiger partial charge in [0.2, 0.25) is 0 Å². The summed E-state index contributed by atoms with van der Waals surface area (Å²) in [6.07, 6.45) is 2.16. The number of nitrogens with zero attached hydrogens (tertiary/aromatic N) is 2. The van der Waals surface area contributed by atoms with Crippen molar-refractivity contribution in [1.29, 1.82) is 0 Å². The molecule has 24 heavy (non-hydrogen) atoms. The molecule has 11 heteroatoms. The fourth-order valence-electron chi connectivity index (χ4n) is 3.09. The lowest BCUT2D eigenvalue weighted by Gasteiger charge is -2.19. The molecule has 128 valence electrons. The first kappa shape index (κ1) is 17.1. The van der Waals surface area contributed by atoms with Crippen molar-refractivity contribution in [3.8, 4) is 0 Å². The van der Waals surface area contributed by atoms with Gasteiger partial charge in [-0.3, -0.25) is 29.0 Å². The number of piperidine rings is 1. The predicted octanol–water partition coefficient (Wildman–Crippen LogP) is -1.53. The molecule has 2 atom stereocenters. The highest BCUT2D eigenvalue weighted by Crippen LogP contribution is 2.68. The van der Waals surface area contributed by atoms with E-state index in [1.807, 2.05) is 0 Å². The number of H-pyrrole nitrogens is 1. The van der Waals surface area contributed by atoms with Gasteiger partial charge in [0.05, 0.1) is 12.4 Å². The van der Waals surface area contributed by atoms with Gasteiger partial charge in [0.1, 0.15) is 16.5 Å². The molecule has 1 amide bonds. The first-order valence-corrected chi connectivity index (χ1v) is 6.62. The van der Waals surface area contributed by atoms with Gasteiger partial charge < -0.3 is 25.2 Å². The Morgan fingerprint density at radius 3 is 2.08 bits per heavy atom. The molecule has 1 aromatic heterocycles. The highest BCUT2D eigenvalue weighted by Gasteiger charge is 2.81. The molecule has 1 aromatic rings. The van der Waals surface area contributed by atoms with Gasteiger partial charge in [-0.15, -0.1) is 0 Å². The van der Waals surface area contributed by atoms with Gasteiger partial charge in [0.25, 0.3) is 17.9 Å². The molecule has 1 aliphatic heterocycles. The predicted molar refractivity (Wildman–Crippen MR) is 74.2 cm³/mol. The van der Waals surface area contributed by atoms with E-state index in [2.05, 4.69) is 9.97 Å². The number of hydrogen-bond donors (Lipinski definition) is 4. The molecule has 11 nitrogen and oxygen atoms in total. The monoisotopic (exact) mass is 339 g/mol. The van der Waals surface area contributed by atoms with Gasteiger partial charge >= 0.3 is 11.9 Å². The second kappa shape index (κ2) is 5.76. The number of aromatic nitrogens is 2. The topological polar surface area (TPSA) is 178 Å². The number of carbonyl (C=O) groups excluding carboxylic acids is 1. The number of fused-ring (bicyclic) bond motifs is 1. The molecule has 0 spiro atoms. The lowest BCUT2D eigenvalue weighted by atomic mass is 9.97. The van der Waals surface area contributed by atoms with Crippen LogP contribution < -0.4 is 5.56 Å². The molecule has 1 saturated heterocycles. The molecule has 4 N–H and O–H groups in total. The summed E-state index contributed by atoms with van der Waals surface area (Å²) in [6.45, 7) is -0.630. The smallest absolute Gasteiger partial charge is 0.312 e. The fraction of sp³-hybridized carbons (Fsp3) is 0.385. The van der Waals surface area contributed by atoms with Crippen LogP contribution in [0.5, 0.6) is 0 Å². The standard InChI is InChI=1S/C12H11N3O6.CH2O2/c16-7-2-13-1-6(14-7)8(17)15-4-11(9(18)19)3-12(11,5-15)10(20)21;2-1-3/h1-2H,3-5H2,(H,14,16)(H,18,19)(H,20,21);1H,(H,2,3)/t11-,12+;. The maximum Gasteiger partial charge on any atom is 0.312 e. The van der Waals surface area contributed by atoms with Crippen molar-refractivity contribution in [3.63, 3.8) is 0 Å². The van der Waals surface area contributed by atoms with Crippen molar-refractivity contribution in [2.24, 2.45) is 10.8 Å². The molecule has 0 aromatic carbocycles. The van der Waals surface area contributed by atoms with Gasteiger partial charge in [0.15, 0.2) is 0 Å². The molecule has 2 fully saturated rings. The lowest BCUT2D eigenvalue weighted by molar-refractivity contribution is -0.151. The van der Waals surface area contributed by atoms with E-state index in [0.29, 0.717) is 0 Å². The molecule has 0 bridgehead atoms. The van der Waals surface area contributed by atoms with Crippen LogP contribution in [0.15, 0.2) is 17.2 Å². The fourth-order valence-corrected chi connectivity index (χ4v) is 3.09. The van der Waals surface area contributed by atoms with Crippen molar-refractivity contribution in [3.05, 3.63) is 28.4 Å². The van der Waals surface area contributed by atoms with Gasteiger partial charge in [-0.1, -0.05) is 0 Å². The minimum atomic E-state index is -1.43. The maximum atomic E-state index is 12.2. The van der Waals surface area contributed by atoms with Crippen molar-refractivity contribution in [2.75, 3.05) is 13.1 Å². The first-order chi connectivity index (χ1) is 11.2. The van der Waals surface area contributed by atoms with Crippen LogP contribution in [0.3, 0.4) is 0 Å². The van der Waals surface area contributed by atoms with E-state index in [9.17, 15) is 29.4 Å². The molecule has 1 saturated carbocycles. The largest absolute Gasteiger partial charge is 0.483 e. The van der Waals surface area contributed by atoms with Crippen molar-refractivity contribution in [1.82, 2.24) is 14.9 Å². The van der Waals surface area contributed by atoms with Crippen LogP contribution in [0.25, 0.3) is 0 Å². The summed E-state index contributed by atoms with van der Waals surface area (Å²) in [7, 11) is 0. The number of aliphatic carboxylic acids is 2. The lowest BCUT2D eigenvalue weighted by Crippen LogP contribution is -2.35. The van der Waals surface area contributed by atoms with Crippen LogP contribution in [0.4, 0.5) is 0 Å². The molecule has 0 radical (unpaired) electrons. The number of amides is 1. The van der Waals surface area contributed by atoms with Gasteiger partial charge in [0, 0.05) is 13.1 Å². The third kappa shape index (κ3) is 2.39. The summed E-state index contributed by atoms with van der Waals surface area (Å²) in [6, 6.07) is 0. The van der Waals surface area contributed by atoms with E-state index in [1.54, 1.807) is 0 Å². The number of hydrogen-bond acceptors (Lipinski definition) is 6. The van der Waals surface area contributed by atoms with Crippen LogP contribution in [0.1, 0.15) is 16.9 Å². The minimum Gasteiger partial charge on any atom is -0.483 e. The van der Waals surface area contributed by atoms with Gasteiger partial charge in [-0.2, -0.15) is 0 Å². The summed E-state index contributed by atoms with van der Waals surface area (Å²) < 4.78 is 0. The van der Waals surface area contributed by atoms with E-state index >= 15 is 0 Å². The van der Waals surface area contributed by atoms with E-state index < -0.39 is 34.2 Å². The SMILES string of the molecule is O=C(c1cncc(=O)[nH]1)N1C[C@@]2(C(=O)O)C[C@@]2(C(=O)O)C1.O=CO. The summed E-state index contributed by atoms with van der Waals surface area (Å²) >= 11 is 0. The Morgan fingerprint density at radius 2 is 1.67 bits per heavy atom. The number of likely N-dealkylation sites (tertiary alicyclic amines) is 1. The number of aromatic amines is 1. The highest BCUT2D eigenvalue weighted by molar-refractivity contribution is 5.99. The average molecular weight is 339 g/mol. The normalized spacial score (nSPS) is 26.6. The minimum absolute atomic E-state index is 0.0119. The summed E-state index contributed by atoms with van der Waals surface area (Å²) in [5.74, 6) is -3.08.